The molecule has 1 aliphatic rings. The molecule has 0 spiro atoms. The molecule has 0 aliphatic carbocycles. The summed E-state index contributed by atoms with van der Waals surface area (Å²) < 4.78 is 17.7. The molecule has 0 aromatic heterocycles. The highest BCUT2D eigenvalue weighted by atomic mass is 16.7. The molecule has 0 radical (unpaired) electrons. The second-order valence-electron chi connectivity index (χ2n) is 26.4. The van der Waals surface area contributed by atoms with Crippen LogP contribution in [-0.2, 0) is 23.8 Å². The van der Waals surface area contributed by atoms with Gasteiger partial charge in [0.2, 0.25) is 5.91 Å². The van der Waals surface area contributed by atoms with Crippen LogP contribution in [0.1, 0.15) is 380 Å². The molecule has 1 saturated heterocycles. The van der Waals surface area contributed by atoms with Gasteiger partial charge in [-0.05, 0) is 51.4 Å². The summed E-state index contributed by atoms with van der Waals surface area (Å²) in [7, 11) is 0. The summed E-state index contributed by atoms with van der Waals surface area (Å²) in [5.41, 5.74) is 0. The van der Waals surface area contributed by atoms with Gasteiger partial charge >= 0.3 is 5.97 Å². The molecule has 8 atom stereocenters. The molecule has 508 valence electrons. The lowest BCUT2D eigenvalue weighted by atomic mass is 9.99. The topological polar surface area (TPSA) is 175 Å². The normalized spacial score (nSPS) is 18.3. The summed E-state index contributed by atoms with van der Waals surface area (Å²) in [5.74, 6) is -1.17. The fourth-order valence-electron chi connectivity index (χ4n) is 12.2. The monoisotopic (exact) mass is 1220 g/mol. The SMILES string of the molecule is CCCCCCCC/C=C/CCCCCCCCCCCCC(O)C(=O)NC(COC1OC(CO)C(O)C(O)C1OC(=O)CCCCCCCCCCCCCCCCCCCCCCCCCCC)C(O)/C=C/CCCCCCCCCCCC. The minimum Gasteiger partial charge on any atom is -0.454 e. The molecule has 1 fully saturated rings. The third kappa shape index (κ3) is 49.9. The van der Waals surface area contributed by atoms with Crippen molar-refractivity contribution in [3.05, 3.63) is 24.3 Å². The molecular weight excluding hydrogens is 1070 g/mol. The van der Waals surface area contributed by atoms with Crippen molar-refractivity contribution in [1.29, 1.82) is 0 Å². The van der Waals surface area contributed by atoms with E-state index in [2.05, 4.69) is 38.2 Å². The van der Waals surface area contributed by atoms with E-state index < -0.39 is 67.4 Å². The van der Waals surface area contributed by atoms with Crippen LogP contribution in [0, 0.1) is 0 Å². The third-order valence-corrected chi connectivity index (χ3v) is 18.1. The zero-order valence-electron chi connectivity index (χ0n) is 56.7. The van der Waals surface area contributed by atoms with Crippen LogP contribution in [0.3, 0.4) is 0 Å². The van der Waals surface area contributed by atoms with Gasteiger partial charge in [0, 0.05) is 6.42 Å². The molecule has 1 aliphatic heterocycles. The van der Waals surface area contributed by atoms with Crippen LogP contribution < -0.4 is 5.32 Å². The molecule has 86 heavy (non-hydrogen) atoms. The second kappa shape index (κ2) is 63.3. The number of aliphatic hydroxyl groups excluding tert-OH is 5. The first kappa shape index (κ1) is 82.2. The molecule has 0 saturated carbocycles. The highest BCUT2D eigenvalue weighted by Crippen LogP contribution is 2.27. The van der Waals surface area contributed by atoms with E-state index in [4.69, 9.17) is 14.2 Å². The first-order chi connectivity index (χ1) is 42.2. The van der Waals surface area contributed by atoms with Crippen LogP contribution in [0.25, 0.3) is 0 Å². The molecule has 0 aromatic rings. The number of ether oxygens (including phenoxy) is 3. The van der Waals surface area contributed by atoms with Gasteiger partial charge in [-0.1, -0.05) is 347 Å². The van der Waals surface area contributed by atoms with E-state index in [0.717, 1.165) is 57.8 Å². The van der Waals surface area contributed by atoms with E-state index in [1.807, 2.05) is 6.08 Å². The Bertz CT molecular complexity index is 1500. The standard InChI is InChI=1S/C75H143NO10/c1-4-7-10-13-16-19-22-25-27-29-31-33-34-35-36-37-39-41-43-45-48-51-54-57-60-63-70(80)86-73-72(82)71(81)69(64-77)85-75(73)84-65-66(67(78)61-58-55-52-49-46-24-21-18-15-12-9-6-3)76-74(83)68(79)62-59-56-53-50-47-44-42-40-38-32-30-28-26-23-20-17-14-11-8-5-2/h26,28,58,61,66-69,71-73,75,77-79,81-82H,4-25,27,29-57,59-60,62-65H2,1-3H3,(H,76,83)/b28-26+,61-58+. The van der Waals surface area contributed by atoms with Gasteiger partial charge in [0.15, 0.2) is 12.4 Å². The fourth-order valence-corrected chi connectivity index (χ4v) is 12.2. The number of carbonyl (C=O) groups excluding carboxylic acids is 2. The maximum Gasteiger partial charge on any atom is 0.306 e. The Labute approximate surface area is 531 Å². The van der Waals surface area contributed by atoms with Gasteiger partial charge in [0.05, 0.1) is 25.4 Å². The number of hydrogen-bond acceptors (Lipinski definition) is 10. The van der Waals surface area contributed by atoms with Crippen molar-refractivity contribution < 1.29 is 49.3 Å². The number of unbranched alkanes of at least 4 members (excludes halogenated alkanes) is 50. The summed E-state index contributed by atoms with van der Waals surface area (Å²) in [6.07, 6.45) is 66.6. The summed E-state index contributed by atoms with van der Waals surface area (Å²) in [6, 6.07) is -1.02. The molecule has 1 rings (SSSR count). The molecule has 8 unspecified atom stereocenters. The lowest BCUT2D eigenvalue weighted by Crippen LogP contribution is -2.61. The number of amides is 1. The number of esters is 1. The van der Waals surface area contributed by atoms with Crippen LogP contribution in [0.4, 0.5) is 0 Å². The van der Waals surface area contributed by atoms with Gasteiger partial charge in [-0.25, -0.2) is 0 Å². The number of allylic oxidation sites excluding steroid dienone is 3. The summed E-state index contributed by atoms with van der Waals surface area (Å²) in [4.78, 5) is 26.7. The summed E-state index contributed by atoms with van der Waals surface area (Å²) in [6.45, 7) is 5.86. The number of hydrogen-bond donors (Lipinski definition) is 6. The van der Waals surface area contributed by atoms with E-state index in [1.165, 1.54) is 276 Å². The largest absolute Gasteiger partial charge is 0.454 e. The van der Waals surface area contributed by atoms with E-state index in [0.29, 0.717) is 19.3 Å². The van der Waals surface area contributed by atoms with Crippen LogP contribution in [-0.4, -0.2) is 99.6 Å². The Morgan fingerprint density at radius 3 is 1.13 bits per heavy atom. The van der Waals surface area contributed by atoms with Gasteiger partial charge in [0.25, 0.3) is 0 Å². The quantitative estimate of drug-likeness (QED) is 0.0195. The van der Waals surface area contributed by atoms with Crippen molar-refractivity contribution in [2.75, 3.05) is 13.2 Å². The lowest BCUT2D eigenvalue weighted by Gasteiger charge is -2.41. The molecule has 11 nitrogen and oxygen atoms in total. The molecule has 6 N–H and O–H groups in total. The first-order valence-corrected chi connectivity index (χ1v) is 37.6. The van der Waals surface area contributed by atoms with Gasteiger partial charge in [0.1, 0.15) is 24.4 Å². The highest BCUT2D eigenvalue weighted by Gasteiger charge is 2.47. The minimum absolute atomic E-state index is 0.131. The molecule has 0 aromatic carbocycles. The summed E-state index contributed by atoms with van der Waals surface area (Å²) in [5, 5.41) is 57.3. The molecule has 0 bridgehead atoms. The van der Waals surface area contributed by atoms with Crippen LogP contribution >= 0.6 is 0 Å². The number of nitrogens with one attached hydrogen (secondary N) is 1. The van der Waals surface area contributed by atoms with Gasteiger partial charge in [-0.3, -0.25) is 9.59 Å². The van der Waals surface area contributed by atoms with Crippen LogP contribution in [0.15, 0.2) is 24.3 Å². The Kier molecular flexibility index (Phi) is 60.5. The Morgan fingerprint density at radius 1 is 0.442 bits per heavy atom. The Balaban J connectivity index is 2.52. The van der Waals surface area contributed by atoms with Crippen molar-refractivity contribution in [1.82, 2.24) is 5.32 Å². The minimum atomic E-state index is -1.61. The average Bonchev–Trinajstić information content (AvgIpc) is 3.30. The zero-order chi connectivity index (χ0) is 62.4. The van der Waals surface area contributed by atoms with Crippen molar-refractivity contribution in [3.8, 4) is 0 Å². The maximum absolute atomic E-state index is 13.5. The fraction of sp³-hybridized carbons (Fsp3) is 0.920. The zero-order valence-corrected chi connectivity index (χ0v) is 56.7. The predicted molar refractivity (Wildman–Crippen MR) is 361 cm³/mol. The predicted octanol–water partition coefficient (Wildman–Crippen LogP) is 19.6. The highest BCUT2D eigenvalue weighted by molar-refractivity contribution is 5.80. The van der Waals surface area contributed by atoms with E-state index in [1.54, 1.807) is 6.08 Å². The average molecular weight is 1220 g/mol. The van der Waals surface area contributed by atoms with Crippen molar-refractivity contribution in [2.45, 2.75) is 429 Å². The van der Waals surface area contributed by atoms with Crippen LogP contribution in [0.5, 0.6) is 0 Å². The van der Waals surface area contributed by atoms with Crippen molar-refractivity contribution in [3.63, 3.8) is 0 Å². The molecule has 1 amide bonds. The number of carbonyl (C=O) groups is 2. The smallest absolute Gasteiger partial charge is 0.306 e. The first-order valence-electron chi connectivity index (χ1n) is 37.6. The number of rotatable bonds is 66. The number of aliphatic hydroxyl groups is 5. The molecule has 11 heteroatoms. The lowest BCUT2D eigenvalue weighted by molar-refractivity contribution is -0.305. The van der Waals surface area contributed by atoms with Crippen LogP contribution in [0.2, 0.25) is 0 Å². The van der Waals surface area contributed by atoms with Gasteiger partial charge in [-0.15, -0.1) is 0 Å². The van der Waals surface area contributed by atoms with E-state index in [-0.39, 0.29) is 13.0 Å². The maximum atomic E-state index is 13.5. The molecule has 1 heterocycles. The molecular formula is C75H143NO10. The summed E-state index contributed by atoms with van der Waals surface area (Å²) >= 11 is 0. The second-order valence-corrected chi connectivity index (χ2v) is 26.4. The van der Waals surface area contributed by atoms with E-state index >= 15 is 0 Å². The van der Waals surface area contributed by atoms with Gasteiger partial charge in [-0.2, -0.15) is 0 Å². The Morgan fingerprint density at radius 2 is 0.767 bits per heavy atom. The Hall–Kier alpha value is -1.86. The van der Waals surface area contributed by atoms with Gasteiger partial charge < -0.3 is 45.1 Å². The van der Waals surface area contributed by atoms with Crippen molar-refractivity contribution >= 4 is 11.9 Å². The third-order valence-electron chi connectivity index (χ3n) is 18.1. The van der Waals surface area contributed by atoms with E-state index in [9.17, 15) is 35.1 Å². The van der Waals surface area contributed by atoms with Crippen molar-refractivity contribution in [2.24, 2.45) is 0 Å².